The summed E-state index contributed by atoms with van der Waals surface area (Å²) in [5.74, 6) is 0.0325. The maximum Gasteiger partial charge on any atom is 0.265 e. The molecule has 0 aliphatic rings. The van der Waals surface area contributed by atoms with Crippen molar-refractivity contribution in [2.75, 3.05) is 10.6 Å². The van der Waals surface area contributed by atoms with Gasteiger partial charge in [0.2, 0.25) is 0 Å². The number of anilines is 2. The number of carbonyl (C=O) groups excluding carboxylic acids is 2. The highest BCUT2D eigenvalue weighted by molar-refractivity contribution is 6.30. The van der Waals surface area contributed by atoms with Gasteiger partial charge in [-0.1, -0.05) is 50.6 Å². The van der Waals surface area contributed by atoms with Crippen molar-refractivity contribution in [3.8, 4) is 5.75 Å². The Morgan fingerprint density at radius 1 is 0.875 bits per heavy atom. The minimum atomic E-state index is -0.712. The van der Waals surface area contributed by atoms with E-state index in [1.807, 2.05) is 24.3 Å². The monoisotopic (exact) mass is 450 g/mol. The predicted molar refractivity (Wildman–Crippen MR) is 130 cm³/mol. The number of ether oxygens (including phenoxy) is 1. The fourth-order valence-corrected chi connectivity index (χ4v) is 3.14. The summed E-state index contributed by atoms with van der Waals surface area (Å²) in [7, 11) is 0. The van der Waals surface area contributed by atoms with Crippen LogP contribution in [0.2, 0.25) is 5.02 Å². The van der Waals surface area contributed by atoms with Crippen LogP contribution in [0, 0.1) is 0 Å². The Hall–Kier alpha value is -3.31. The fraction of sp³-hybridized carbons (Fsp3) is 0.231. The first-order chi connectivity index (χ1) is 15.1. The third kappa shape index (κ3) is 6.34. The molecule has 2 N–H and O–H groups in total. The number of nitrogens with one attached hydrogen (secondary N) is 2. The Labute approximate surface area is 193 Å². The molecular weight excluding hydrogens is 424 g/mol. The maximum absolute atomic E-state index is 12.6. The van der Waals surface area contributed by atoms with Crippen molar-refractivity contribution in [1.82, 2.24) is 0 Å². The van der Waals surface area contributed by atoms with E-state index in [1.54, 1.807) is 55.5 Å². The molecule has 3 aromatic carbocycles. The molecule has 0 heterocycles. The lowest BCUT2D eigenvalue weighted by atomic mass is 9.87. The second-order valence-corrected chi connectivity index (χ2v) is 9.00. The van der Waals surface area contributed by atoms with Crippen LogP contribution in [0.15, 0.2) is 72.8 Å². The van der Waals surface area contributed by atoms with E-state index in [0.29, 0.717) is 27.7 Å². The minimum absolute atomic E-state index is 0.0238. The average molecular weight is 451 g/mol. The van der Waals surface area contributed by atoms with Gasteiger partial charge in [0.25, 0.3) is 11.8 Å². The summed E-state index contributed by atoms with van der Waals surface area (Å²) in [6.45, 7) is 8.05. The van der Waals surface area contributed by atoms with Gasteiger partial charge in [-0.25, -0.2) is 0 Å². The van der Waals surface area contributed by atoms with Gasteiger partial charge in [0, 0.05) is 22.0 Å². The summed E-state index contributed by atoms with van der Waals surface area (Å²) in [4.78, 5) is 25.1. The highest BCUT2D eigenvalue weighted by Crippen LogP contribution is 2.23. The van der Waals surface area contributed by atoms with Gasteiger partial charge in [0.1, 0.15) is 5.75 Å². The van der Waals surface area contributed by atoms with Crippen molar-refractivity contribution < 1.29 is 14.3 Å². The number of amides is 2. The van der Waals surface area contributed by atoms with Crippen molar-refractivity contribution in [1.29, 1.82) is 0 Å². The zero-order valence-corrected chi connectivity index (χ0v) is 19.4. The molecule has 32 heavy (non-hydrogen) atoms. The van der Waals surface area contributed by atoms with Gasteiger partial charge in [0.15, 0.2) is 6.10 Å². The summed E-state index contributed by atoms with van der Waals surface area (Å²) in [6.07, 6.45) is -0.712. The third-order valence-corrected chi connectivity index (χ3v) is 5.15. The van der Waals surface area contributed by atoms with Crippen molar-refractivity contribution in [3.05, 3.63) is 88.9 Å². The molecule has 3 aromatic rings. The van der Waals surface area contributed by atoms with Crippen LogP contribution in [0.5, 0.6) is 5.75 Å². The van der Waals surface area contributed by atoms with Gasteiger partial charge in [-0.05, 0) is 72.5 Å². The van der Waals surface area contributed by atoms with Crippen LogP contribution >= 0.6 is 11.6 Å². The summed E-state index contributed by atoms with van der Waals surface area (Å²) in [5, 5.41) is 6.28. The topological polar surface area (TPSA) is 67.4 Å². The van der Waals surface area contributed by atoms with Crippen LogP contribution in [-0.2, 0) is 10.2 Å². The molecule has 0 unspecified atom stereocenters. The van der Waals surface area contributed by atoms with Gasteiger partial charge in [-0.3, -0.25) is 9.59 Å². The molecule has 166 valence electrons. The van der Waals surface area contributed by atoms with E-state index in [2.05, 4.69) is 31.4 Å². The first-order valence-electron chi connectivity index (χ1n) is 10.4. The Morgan fingerprint density at radius 2 is 1.47 bits per heavy atom. The molecule has 1 atom stereocenters. The lowest BCUT2D eigenvalue weighted by molar-refractivity contribution is -0.122. The maximum atomic E-state index is 12.6. The molecule has 0 spiro atoms. The van der Waals surface area contributed by atoms with Crippen molar-refractivity contribution in [3.63, 3.8) is 0 Å². The van der Waals surface area contributed by atoms with E-state index in [1.165, 1.54) is 0 Å². The second kappa shape index (κ2) is 9.88. The zero-order chi connectivity index (χ0) is 23.3. The quantitative estimate of drug-likeness (QED) is 0.463. The first-order valence-corrected chi connectivity index (χ1v) is 10.7. The molecule has 0 saturated carbocycles. The fourth-order valence-electron chi connectivity index (χ4n) is 3.01. The molecule has 0 fully saturated rings. The highest BCUT2D eigenvalue weighted by Gasteiger charge is 2.16. The minimum Gasteiger partial charge on any atom is -0.481 e. The molecule has 0 aliphatic heterocycles. The second-order valence-electron chi connectivity index (χ2n) is 8.57. The number of carbonyl (C=O) groups is 2. The van der Waals surface area contributed by atoms with E-state index >= 15 is 0 Å². The number of hydrogen-bond acceptors (Lipinski definition) is 3. The summed E-state index contributed by atoms with van der Waals surface area (Å²) < 4.78 is 5.65. The molecule has 2 amide bonds. The van der Waals surface area contributed by atoms with Crippen LogP contribution in [0.1, 0.15) is 43.6 Å². The SMILES string of the molecule is C[C@H](Oc1ccc(Cl)cc1)C(=O)Nc1cccc(NC(=O)c2ccc(C(C)(C)C)cc2)c1. The van der Waals surface area contributed by atoms with Crippen LogP contribution < -0.4 is 15.4 Å². The van der Waals surface area contributed by atoms with Gasteiger partial charge in [-0.15, -0.1) is 0 Å². The van der Waals surface area contributed by atoms with Crippen LogP contribution in [0.25, 0.3) is 0 Å². The van der Waals surface area contributed by atoms with E-state index in [4.69, 9.17) is 16.3 Å². The van der Waals surface area contributed by atoms with Crippen LogP contribution in [-0.4, -0.2) is 17.9 Å². The van der Waals surface area contributed by atoms with Gasteiger partial charge < -0.3 is 15.4 Å². The molecule has 0 radical (unpaired) electrons. The number of halogens is 1. The van der Waals surface area contributed by atoms with E-state index < -0.39 is 6.10 Å². The van der Waals surface area contributed by atoms with Crippen molar-refractivity contribution in [2.45, 2.75) is 39.2 Å². The van der Waals surface area contributed by atoms with Gasteiger partial charge in [-0.2, -0.15) is 0 Å². The normalized spacial score (nSPS) is 12.0. The molecule has 0 aromatic heterocycles. The Bertz CT molecular complexity index is 1090. The summed E-state index contributed by atoms with van der Waals surface area (Å²) in [5.41, 5.74) is 2.89. The van der Waals surface area contributed by atoms with Crippen LogP contribution in [0.4, 0.5) is 11.4 Å². The Kier molecular flexibility index (Phi) is 7.21. The number of benzene rings is 3. The van der Waals surface area contributed by atoms with E-state index in [-0.39, 0.29) is 17.2 Å². The summed E-state index contributed by atoms with van der Waals surface area (Å²) >= 11 is 5.87. The average Bonchev–Trinajstić information content (AvgIpc) is 2.75. The molecule has 0 bridgehead atoms. The lowest BCUT2D eigenvalue weighted by Gasteiger charge is -2.19. The van der Waals surface area contributed by atoms with E-state index in [0.717, 1.165) is 5.56 Å². The highest BCUT2D eigenvalue weighted by atomic mass is 35.5. The summed E-state index contributed by atoms with van der Waals surface area (Å²) in [6, 6.07) is 21.4. The first kappa shape index (κ1) is 23.4. The molecule has 0 saturated heterocycles. The lowest BCUT2D eigenvalue weighted by Crippen LogP contribution is -2.30. The van der Waals surface area contributed by atoms with E-state index in [9.17, 15) is 9.59 Å². The molecule has 3 rings (SSSR count). The molecule has 6 heteroatoms. The third-order valence-electron chi connectivity index (χ3n) is 4.90. The molecular formula is C26H27ClN2O3. The molecule has 5 nitrogen and oxygen atoms in total. The largest absolute Gasteiger partial charge is 0.481 e. The van der Waals surface area contributed by atoms with Crippen LogP contribution in [0.3, 0.4) is 0 Å². The van der Waals surface area contributed by atoms with Gasteiger partial charge in [0.05, 0.1) is 0 Å². The Balaban J connectivity index is 1.61. The van der Waals surface area contributed by atoms with Gasteiger partial charge >= 0.3 is 0 Å². The Morgan fingerprint density at radius 3 is 2.06 bits per heavy atom. The zero-order valence-electron chi connectivity index (χ0n) is 18.6. The van der Waals surface area contributed by atoms with Crippen molar-refractivity contribution in [2.24, 2.45) is 0 Å². The number of rotatable bonds is 6. The van der Waals surface area contributed by atoms with Crippen molar-refractivity contribution >= 4 is 34.8 Å². The number of hydrogen-bond donors (Lipinski definition) is 2. The standard InChI is InChI=1S/C26H27ClN2O3/c1-17(32-23-14-12-20(27)13-15-23)24(30)28-21-6-5-7-22(16-21)29-25(31)18-8-10-19(11-9-18)26(2,3)4/h5-17H,1-4H3,(H,28,30)(H,29,31)/t17-/m0/s1. The molecule has 0 aliphatic carbocycles. The predicted octanol–water partition coefficient (Wildman–Crippen LogP) is 6.30. The smallest absolute Gasteiger partial charge is 0.265 e.